The molecule has 70 valence electrons. The van der Waals surface area contributed by atoms with Gasteiger partial charge < -0.3 is 5.11 Å². The lowest BCUT2D eigenvalue weighted by Crippen LogP contribution is -2.11. The molecule has 1 aliphatic rings. The minimum atomic E-state index is -0.582. The van der Waals surface area contributed by atoms with Crippen LogP contribution in [0.5, 0.6) is 0 Å². The molecule has 1 nitrogen and oxygen atoms in total. The Balaban J connectivity index is 2.56. The summed E-state index contributed by atoms with van der Waals surface area (Å²) in [5.41, 5.74) is 1.23. The zero-order valence-corrected chi connectivity index (χ0v) is 8.33. The van der Waals surface area contributed by atoms with Gasteiger partial charge in [0, 0.05) is 22.1 Å². The summed E-state index contributed by atoms with van der Waals surface area (Å²) in [6.07, 6.45) is -0.582. The Morgan fingerprint density at radius 1 is 1.54 bits per heavy atom. The van der Waals surface area contributed by atoms with Gasteiger partial charge in [-0.1, -0.05) is 11.6 Å². The van der Waals surface area contributed by atoms with Gasteiger partial charge in [0.25, 0.3) is 0 Å². The number of fused-ring (bicyclic) bond motifs is 1. The van der Waals surface area contributed by atoms with Gasteiger partial charge in [-0.25, -0.2) is 4.39 Å². The Bertz CT molecular complexity index is 343. The summed E-state index contributed by atoms with van der Waals surface area (Å²) in [6, 6.07) is 2.93. The molecule has 1 atom stereocenters. The van der Waals surface area contributed by atoms with E-state index in [0.717, 1.165) is 0 Å². The first-order valence-corrected chi connectivity index (χ1v) is 5.45. The lowest BCUT2D eigenvalue weighted by molar-refractivity contribution is 0.201. The van der Waals surface area contributed by atoms with E-state index in [1.54, 1.807) is 6.07 Å². The zero-order chi connectivity index (χ0) is 9.42. The zero-order valence-electron chi connectivity index (χ0n) is 6.76. The maximum absolute atomic E-state index is 13.3. The summed E-state index contributed by atoms with van der Waals surface area (Å²) in [7, 11) is 0. The Hall–Kier alpha value is -0.250. The normalized spacial score (nSPS) is 21.3. The minimum Gasteiger partial charge on any atom is -0.388 e. The van der Waals surface area contributed by atoms with Crippen LogP contribution in [0.2, 0.25) is 5.02 Å². The quantitative estimate of drug-likeness (QED) is 0.723. The molecule has 0 fully saturated rings. The molecule has 0 amide bonds. The van der Waals surface area contributed by atoms with E-state index >= 15 is 0 Å². The van der Waals surface area contributed by atoms with Crippen LogP contribution < -0.4 is 0 Å². The molecule has 0 aromatic heterocycles. The predicted molar refractivity (Wildman–Crippen MR) is 52.5 cm³/mol. The van der Waals surface area contributed by atoms with E-state index in [9.17, 15) is 9.50 Å². The van der Waals surface area contributed by atoms with E-state index in [-0.39, 0.29) is 5.82 Å². The fourth-order valence-electron chi connectivity index (χ4n) is 1.44. The van der Waals surface area contributed by atoms with Crippen LogP contribution in [0, 0.1) is 5.82 Å². The molecule has 2 rings (SSSR count). The third kappa shape index (κ3) is 1.68. The van der Waals surface area contributed by atoms with E-state index in [2.05, 4.69) is 0 Å². The molecule has 1 N–H and O–H groups in total. The van der Waals surface area contributed by atoms with Crippen molar-refractivity contribution < 1.29 is 9.50 Å². The molecule has 0 spiro atoms. The molecule has 0 aliphatic carbocycles. The molecule has 1 heterocycles. The van der Waals surface area contributed by atoms with Crippen molar-refractivity contribution in [3.05, 3.63) is 34.1 Å². The molecule has 0 saturated carbocycles. The summed E-state index contributed by atoms with van der Waals surface area (Å²) >= 11 is 7.22. The average molecular weight is 219 g/mol. The average Bonchev–Trinajstić information content (AvgIpc) is 2.07. The highest BCUT2D eigenvalue weighted by Crippen LogP contribution is 2.34. The maximum atomic E-state index is 13.3. The molecule has 13 heavy (non-hydrogen) atoms. The van der Waals surface area contributed by atoms with Crippen molar-refractivity contribution in [3.63, 3.8) is 0 Å². The monoisotopic (exact) mass is 218 g/mol. The van der Waals surface area contributed by atoms with E-state index in [1.165, 1.54) is 17.8 Å². The van der Waals surface area contributed by atoms with E-state index in [0.29, 0.717) is 27.7 Å². The van der Waals surface area contributed by atoms with Crippen molar-refractivity contribution in [2.45, 2.75) is 11.9 Å². The molecule has 0 unspecified atom stereocenters. The molecule has 4 heteroatoms. The number of aliphatic hydroxyl groups is 1. The van der Waals surface area contributed by atoms with Gasteiger partial charge in [-0.3, -0.25) is 0 Å². The lowest BCUT2D eigenvalue weighted by atomic mass is 10.0. The van der Waals surface area contributed by atoms with Crippen LogP contribution in [0.15, 0.2) is 12.1 Å². The number of aliphatic hydroxyl groups excluding tert-OH is 1. The Kier molecular flexibility index (Phi) is 2.49. The van der Waals surface area contributed by atoms with Gasteiger partial charge in [0.15, 0.2) is 0 Å². The van der Waals surface area contributed by atoms with Crippen molar-refractivity contribution in [2.24, 2.45) is 0 Å². The maximum Gasteiger partial charge on any atom is 0.129 e. The van der Waals surface area contributed by atoms with Gasteiger partial charge in [-0.15, -0.1) is 0 Å². The Morgan fingerprint density at radius 3 is 3.08 bits per heavy atom. The standard InChI is InChI=1S/C9H8ClFOS/c10-5-1-6-7(8(11)2-5)3-13-4-9(6)12/h1-2,9,12H,3-4H2/t9-/m0/s1. The fourth-order valence-corrected chi connectivity index (χ4v) is 2.68. The molecular formula is C9H8ClFOS. The molecular weight excluding hydrogens is 211 g/mol. The highest BCUT2D eigenvalue weighted by atomic mass is 35.5. The van der Waals surface area contributed by atoms with Crippen molar-refractivity contribution in [1.29, 1.82) is 0 Å². The van der Waals surface area contributed by atoms with Gasteiger partial charge in [0.1, 0.15) is 5.82 Å². The fraction of sp³-hybridized carbons (Fsp3) is 0.333. The number of hydrogen-bond donors (Lipinski definition) is 1. The van der Waals surface area contributed by atoms with Gasteiger partial charge >= 0.3 is 0 Å². The molecule has 0 bridgehead atoms. The van der Waals surface area contributed by atoms with Gasteiger partial charge in [-0.05, 0) is 17.7 Å². The summed E-state index contributed by atoms with van der Waals surface area (Å²) in [4.78, 5) is 0. The topological polar surface area (TPSA) is 20.2 Å². The van der Waals surface area contributed by atoms with Crippen molar-refractivity contribution in [1.82, 2.24) is 0 Å². The van der Waals surface area contributed by atoms with Crippen LogP contribution in [0.3, 0.4) is 0 Å². The SMILES string of the molecule is O[C@H]1CSCc2c(F)cc(Cl)cc21. The highest BCUT2D eigenvalue weighted by Gasteiger charge is 2.21. The summed E-state index contributed by atoms with van der Waals surface area (Å²) in [6.45, 7) is 0. The van der Waals surface area contributed by atoms with Crippen LogP contribution >= 0.6 is 23.4 Å². The van der Waals surface area contributed by atoms with E-state index in [4.69, 9.17) is 11.6 Å². The summed E-state index contributed by atoms with van der Waals surface area (Å²) < 4.78 is 13.3. The van der Waals surface area contributed by atoms with Crippen molar-refractivity contribution >= 4 is 23.4 Å². The number of rotatable bonds is 0. The van der Waals surface area contributed by atoms with Crippen LogP contribution in [0.4, 0.5) is 4.39 Å². The van der Waals surface area contributed by atoms with Gasteiger partial charge in [0.2, 0.25) is 0 Å². The van der Waals surface area contributed by atoms with Crippen molar-refractivity contribution in [2.75, 3.05) is 5.75 Å². The first-order valence-electron chi connectivity index (χ1n) is 3.92. The van der Waals surface area contributed by atoms with Crippen LogP contribution in [-0.2, 0) is 5.75 Å². The minimum absolute atomic E-state index is 0.311. The Labute approximate surface area is 84.9 Å². The largest absolute Gasteiger partial charge is 0.388 e. The number of halogens is 2. The number of benzene rings is 1. The predicted octanol–water partition coefficient (Wildman–Crippen LogP) is 2.76. The first kappa shape index (κ1) is 9.31. The molecule has 1 aromatic carbocycles. The van der Waals surface area contributed by atoms with Gasteiger partial charge in [-0.2, -0.15) is 11.8 Å². The van der Waals surface area contributed by atoms with Crippen LogP contribution in [0.25, 0.3) is 0 Å². The smallest absolute Gasteiger partial charge is 0.129 e. The van der Waals surface area contributed by atoms with Gasteiger partial charge in [0.05, 0.1) is 6.10 Å². The van der Waals surface area contributed by atoms with Crippen LogP contribution in [0.1, 0.15) is 17.2 Å². The summed E-state index contributed by atoms with van der Waals surface area (Å²) in [5.74, 6) is 0.927. The summed E-state index contributed by atoms with van der Waals surface area (Å²) in [5, 5.41) is 9.91. The van der Waals surface area contributed by atoms with E-state index in [1.807, 2.05) is 0 Å². The molecule has 1 aliphatic heterocycles. The number of hydrogen-bond acceptors (Lipinski definition) is 2. The number of thioether (sulfide) groups is 1. The first-order chi connectivity index (χ1) is 6.18. The van der Waals surface area contributed by atoms with Crippen molar-refractivity contribution in [3.8, 4) is 0 Å². The molecule has 1 aromatic rings. The lowest BCUT2D eigenvalue weighted by Gasteiger charge is -2.21. The Morgan fingerprint density at radius 2 is 2.31 bits per heavy atom. The second-order valence-electron chi connectivity index (χ2n) is 2.99. The second-order valence-corrected chi connectivity index (χ2v) is 4.45. The molecule has 0 radical (unpaired) electrons. The molecule has 0 saturated heterocycles. The second kappa shape index (κ2) is 3.48. The van der Waals surface area contributed by atoms with Crippen LogP contribution in [-0.4, -0.2) is 10.9 Å². The van der Waals surface area contributed by atoms with E-state index < -0.39 is 6.10 Å². The third-order valence-electron chi connectivity index (χ3n) is 2.08. The highest BCUT2D eigenvalue weighted by molar-refractivity contribution is 7.98. The third-order valence-corrected chi connectivity index (χ3v) is 3.34.